The highest BCUT2D eigenvalue weighted by Crippen LogP contribution is 2.36. The van der Waals surface area contributed by atoms with Crippen molar-refractivity contribution in [3.05, 3.63) is 18.2 Å². The number of fused-ring (bicyclic) bond motifs is 1. The average molecular weight is 334 g/mol. The van der Waals surface area contributed by atoms with Gasteiger partial charge >= 0.3 is 5.97 Å². The van der Waals surface area contributed by atoms with E-state index in [4.69, 9.17) is 19.3 Å². The number of ether oxygens (including phenoxy) is 3. The fourth-order valence-electron chi connectivity index (χ4n) is 3.72. The highest BCUT2D eigenvalue weighted by Gasteiger charge is 2.32. The summed E-state index contributed by atoms with van der Waals surface area (Å²) in [5, 5.41) is 9.14. The molecule has 3 heterocycles. The second-order valence-electron chi connectivity index (χ2n) is 6.45. The first-order valence-electron chi connectivity index (χ1n) is 8.44. The van der Waals surface area contributed by atoms with Gasteiger partial charge in [0.25, 0.3) is 0 Å². The van der Waals surface area contributed by atoms with Crippen LogP contribution in [0, 0.1) is 0 Å². The maximum atomic E-state index is 11.1. The summed E-state index contributed by atoms with van der Waals surface area (Å²) in [5.41, 5.74) is 1.16. The van der Waals surface area contributed by atoms with E-state index >= 15 is 0 Å². The minimum Gasteiger partial charge on any atom is -0.479 e. The molecule has 0 saturated carbocycles. The summed E-state index contributed by atoms with van der Waals surface area (Å²) in [6.07, 6.45) is 1.37. The van der Waals surface area contributed by atoms with Gasteiger partial charge in [0, 0.05) is 44.0 Å². The minimum atomic E-state index is -0.863. The van der Waals surface area contributed by atoms with E-state index in [1.54, 1.807) is 0 Å². The Morgan fingerprint density at radius 1 is 1.12 bits per heavy atom. The van der Waals surface area contributed by atoms with Crippen LogP contribution in [0.3, 0.4) is 0 Å². The van der Waals surface area contributed by atoms with Crippen LogP contribution in [0.25, 0.3) is 0 Å². The van der Waals surface area contributed by atoms with E-state index in [9.17, 15) is 4.79 Å². The number of carbonyl (C=O) groups is 1. The topological polar surface area (TPSA) is 71.5 Å². The van der Waals surface area contributed by atoms with Crippen molar-refractivity contribution < 1.29 is 24.1 Å². The van der Waals surface area contributed by atoms with Crippen LogP contribution >= 0.6 is 0 Å². The van der Waals surface area contributed by atoms with E-state index in [-0.39, 0.29) is 0 Å². The van der Waals surface area contributed by atoms with Gasteiger partial charge in [-0.25, -0.2) is 4.79 Å². The molecule has 2 saturated heterocycles. The van der Waals surface area contributed by atoms with Crippen LogP contribution in [-0.4, -0.2) is 67.7 Å². The third-order valence-electron chi connectivity index (χ3n) is 5.08. The quantitative estimate of drug-likeness (QED) is 0.889. The van der Waals surface area contributed by atoms with Crippen LogP contribution < -0.4 is 14.4 Å². The van der Waals surface area contributed by atoms with Gasteiger partial charge in [-0.3, -0.25) is 4.90 Å². The molecule has 0 spiro atoms. The summed E-state index contributed by atoms with van der Waals surface area (Å²) in [5.74, 6) is 0.756. The molecule has 4 rings (SSSR count). The number of rotatable bonds is 3. The molecule has 0 aromatic heterocycles. The molecule has 1 aromatic rings. The van der Waals surface area contributed by atoms with Gasteiger partial charge < -0.3 is 24.2 Å². The van der Waals surface area contributed by atoms with Crippen molar-refractivity contribution in [1.29, 1.82) is 0 Å². The summed E-state index contributed by atoms with van der Waals surface area (Å²) in [6, 6.07) is 6.50. The number of hydrogen-bond donors (Lipinski definition) is 1. The minimum absolute atomic E-state index is 0.294. The van der Waals surface area contributed by atoms with Crippen LogP contribution in [0.15, 0.2) is 18.2 Å². The zero-order valence-corrected chi connectivity index (χ0v) is 13.5. The smallest absolute Gasteiger partial charge is 0.334 e. The number of hydrogen-bond acceptors (Lipinski definition) is 6. The van der Waals surface area contributed by atoms with Crippen molar-refractivity contribution in [3.8, 4) is 11.5 Å². The van der Waals surface area contributed by atoms with E-state index in [1.165, 1.54) is 0 Å². The number of aliphatic carboxylic acids is 1. The number of benzene rings is 1. The molecule has 0 bridgehead atoms. The van der Waals surface area contributed by atoms with E-state index < -0.39 is 12.1 Å². The first-order chi connectivity index (χ1) is 11.7. The fourth-order valence-corrected chi connectivity index (χ4v) is 3.72. The number of carboxylic acid groups (broad SMARTS) is 1. The molecule has 130 valence electrons. The van der Waals surface area contributed by atoms with E-state index in [2.05, 4.69) is 15.9 Å². The largest absolute Gasteiger partial charge is 0.479 e. The average Bonchev–Trinajstić information content (AvgIpc) is 3.09. The highest BCUT2D eigenvalue weighted by molar-refractivity contribution is 5.72. The molecule has 3 aliphatic rings. The number of carboxylic acids is 1. The van der Waals surface area contributed by atoms with Crippen molar-refractivity contribution in [3.63, 3.8) is 0 Å². The summed E-state index contributed by atoms with van der Waals surface area (Å²) in [4.78, 5) is 15.8. The Hall–Kier alpha value is -1.99. The van der Waals surface area contributed by atoms with E-state index in [0.717, 1.165) is 49.7 Å². The third kappa shape index (κ3) is 3.01. The molecule has 24 heavy (non-hydrogen) atoms. The van der Waals surface area contributed by atoms with Gasteiger partial charge in [-0.15, -0.1) is 0 Å². The van der Waals surface area contributed by atoms with Crippen LogP contribution in [0.2, 0.25) is 0 Å². The van der Waals surface area contributed by atoms with E-state index in [1.807, 2.05) is 12.1 Å². The molecule has 0 amide bonds. The highest BCUT2D eigenvalue weighted by atomic mass is 16.7. The van der Waals surface area contributed by atoms with Gasteiger partial charge in [0.1, 0.15) is 0 Å². The van der Waals surface area contributed by atoms with Gasteiger partial charge in [0.2, 0.25) is 6.79 Å². The molecule has 0 aliphatic carbocycles. The maximum Gasteiger partial charge on any atom is 0.334 e. The molecule has 2 fully saturated rings. The molecule has 1 aromatic carbocycles. The first kappa shape index (κ1) is 15.5. The predicted octanol–water partition coefficient (Wildman–Crippen LogP) is 1.17. The van der Waals surface area contributed by atoms with Gasteiger partial charge in [0.05, 0.1) is 6.61 Å². The van der Waals surface area contributed by atoms with Crippen molar-refractivity contribution >= 4 is 11.7 Å². The zero-order valence-electron chi connectivity index (χ0n) is 13.5. The summed E-state index contributed by atoms with van der Waals surface area (Å²) in [7, 11) is 0. The van der Waals surface area contributed by atoms with Crippen molar-refractivity contribution in [2.75, 3.05) is 44.5 Å². The molecule has 3 aliphatic heterocycles. The van der Waals surface area contributed by atoms with Crippen LogP contribution in [-0.2, 0) is 9.53 Å². The lowest BCUT2D eigenvalue weighted by Gasteiger charge is -2.42. The molecular weight excluding hydrogens is 312 g/mol. The second-order valence-corrected chi connectivity index (χ2v) is 6.45. The normalized spacial score (nSPS) is 25.0. The van der Waals surface area contributed by atoms with Crippen LogP contribution in [0.5, 0.6) is 11.5 Å². The molecular formula is C17H22N2O5. The molecule has 7 heteroatoms. The molecule has 0 unspecified atom stereocenters. The Morgan fingerprint density at radius 3 is 2.71 bits per heavy atom. The fraction of sp³-hybridized carbons (Fsp3) is 0.588. The van der Waals surface area contributed by atoms with E-state index in [0.29, 0.717) is 26.0 Å². The predicted molar refractivity (Wildman–Crippen MR) is 86.7 cm³/mol. The summed E-state index contributed by atoms with van der Waals surface area (Å²) < 4.78 is 16.1. The molecule has 0 radical (unpaired) electrons. The Balaban J connectivity index is 1.36. The second kappa shape index (κ2) is 6.49. The number of anilines is 1. The Bertz CT molecular complexity index is 615. The maximum absolute atomic E-state index is 11.1. The summed E-state index contributed by atoms with van der Waals surface area (Å²) >= 11 is 0. The molecule has 1 atom stereocenters. The van der Waals surface area contributed by atoms with Crippen LogP contribution in [0.1, 0.15) is 12.8 Å². The number of morpholine rings is 1. The Kier molecular flexibility index (Phi) is 4.20. The molecule has 1 N–H and O–H groups in total. The summed E-state index contributed by atoms with van der Waals surface area (Å²) in [6.45, 7) is 4.02. The van der Waals surface area contributed by atoms with Crippen LogP contribution in [0.4, 0.5) is 5.69 Å². The molecule has 7 nitrogen and oxygen atoms in total. The first-order valence-corrected chi connectivity index (χ1v) is 8.44. The van der Waals surface area contributed by atoms with Crippen molar-refractivity contribution in [2.45, 2.75) is 25.0 Å². The third-order valence-corrected chi connectivity index (χ3v) is 5.08. The Morgan fingerprint density at radius 2 is 1.92 bits per heavy atom. The van der Waals surface area contributed by atoms with Gasteiger partial charge in [-0.05, 0) is 25.0 Å². The number of piperidine rings is 1. The lowest BCUT2D eigenvalue weighted by molar-refractivity contribution is -0.157. The zero-order chi connectivity index (χ0) is 16.5. The number of nitrogens with zero attached hydrogens (tertiary/aromatic N) is 2. The lowest BCUT2D eigenvalue weighted by Crippen LogP contribution is -2.53. The Labute approximate surface area is 140 Å². The lowest BCUT2D eigenvalue weighted by atomic mass is 10.0. The SMILES string of the molecule is O=C(O)[C@H]1CN(C2CCN(c3ccc4c(c3)OCO4)CC2)CCO1. The van der Waals surface area contributed by atoms with Gasteiger partial charge in [-0.2, -0.15) is 0 Å². The van der Waals surface area contributed by atoms with Gasteiger partial charge in [-0.1, -0.05) is 0 Å². The van der Waals surface area contributed by atoms with Crippen molar-refractivity contribution in [2.24, 2.45) is 0 Å². The monoisotopic (exact) mass is 334 g/mol. The standard InChI is InChI=1S/C17H22N2O5/c20-17(21)16-10-19(7-8-22-16)12-3-5-18(6-4-12)13-1-2-14-15(9-13)24-11-23-14/h1-2,9,12,16H,3-8,10-11H2,(H,20,21)/t16-/m1/s1. The van der Waals surface area contributed by atoms with Gasteiger partial charge in [0.15, 0.2) is 17.6 Å². The van der Waals surface area contributed by atoms with Crippen molar-refractivity contribution in [1.82, 2.24) is 4.90 Å².